The van der Waals surface area contributed by atoms with Gasteiger partial charge in [0.2, 0.25) is 0 Å². The summed E-state index contributed by atoms with van der Waals surface area (Å²) >= 11 is 4.44. The summed E-state index contributed by atoms with van der Waals surface area (Å²) in [5, 5.41) is 0. The van der Waals surface area contributed by atoms with Crippen LogP contribution in [0.1, 0.15) is 59.3 Å². The van der Waals surface area contributed by atoms with Crippen LogP contribution in [0.3, 0.4) is 0 Å². The molecule has 0 amide bonds. The Morgan fingerprint density at radius 2 is 1.67 bits per heavy atom. The minimum absolute atomic E-state index is 0.313. The maximum absolute atomic E-state index is 5.77. The largest absolute Gasteiger partial charge is 0.381 e. The van der Waals surface area contributed by atoms with E-state index < -0.39 is 0 Å². The molecule has 92 valence electrons. The highest BCUT2D eigenvalue weighted by Crippen LogP contribution is 2.28. The molecular formula is C13H28OS. The number of hydrogen-bond acceptors (Lipinski definition) is 2. The molecule has 0 aromatic carbocycles. The van der Waals surface area contributed by atoms with Gasteiger partial charge in [0.25, 0.3) is 0 Å². The number of hydrogen-bond donors (Lipinski definition) is 1. The van der Waals surface area contributed by atoms with Gasteiger partial charge in [0.15, 0.2) is 0 Å². The normalized spacial score (nSPS) is 12.0. The van der Waals surface area contributed by atoms with Crippen LogP contribution in [0.2, 0.25) is 0 Å². The fourth-order valence-corrected chi connectivity index (χ4v) is 2.18. The Balaban J connectivity index is 3.54. The summed E-state index contributed by atoms with van der Waals surface area (Å²) in [7, 11) is 0. The first kappa shape index (κ1) is 15.3. The van der Waals surface area contributed by atoms with Crippen molar-refractivity contribution < 1.29 is 4.74 Å². The molecule has 0 aliphatic heterocycles. The van der Waals surface area contributed by atoms with E-state index in [4.69, 9.17) is 4.74 Å². The van der Waals surface area contributed by atoms with E-state index >= 15 is 0 Å². The van der Waals surface area contributed by atoms with Crippen molar-refractivity contribution in [2.45, 2.75) is 59.3 Å². The Morgan fingerprint density at radius 1 is 1.00 bits per heavy atom. The van der Waals surface area contributed by atoms with Crippen molar-refractivity contribution in [3.63, 3.8) is 0 Å². The lowest BCUT2D eigenvalue weighted by Crippen LogP contribution is -2.27. The summed E-state index contributed by atoms with van der Waals surface area (Å²) in [4.78, 5) is 0. The van der Waals surface area contributed by atoms with E-state index in [0.29, 0.717) is 5.41 Å². The molecule has 0 saturated heterocycles. The van der Waals surface area contributed by atoms with E-state index in [2.05, 4.69) is 33.4 Å². The van der Waals surface area contributed by atoms with Gasteiger partial charge in [-0.3, -0.25) is 0 Å². The number of ether oxygens (including phenoxy) is 1. The third-order valence-electron chi connectivity index (χ3n) is 3.39. The Bertz CT molecular complexity index is 124. The van der Waals surface area contributed by atoms with Gasteiger partial charge in [-0.25, -0.2) is 0 Å². The molecule has 0 aliphatic rings. The van der Waals surface area contributed by atoms with Crippen molar-refractivity contribution in [2.75, 3.05) is 19.0 Å². The molecular weight excluding hydrogens is 204 g/mol. The van der Waals surface area contributed by atoms with Gasteiger partial charge in [-0.05, 0) is 25.0 Å². The number of thiol groups is 1. The molecule has 0 aromatic rings. The van der Waals surface area contributed by atoms with Gasteiger partial charge < -0.3 is 4.74 Å². The third kappa shape index (κ3) is 6.47. The Hall–Kier alpha value is 0.310. The molecule has 0 spiro atoms. The average Bonchev–Trinajstić information content (AvgIpc) is 2.29. The summed E-state index contributed by atoms with van der Waals surface area (Å²) in [6.45, 7) is 8.52. The molecule has 1 nitrogen and oxygen atoms in total. The van der Waals surface area contributed by atoms with Gasteiger partial charge in [0.05, 0.1) is 6.61 Å². The van der Waals surface area contributed by atoms with Crippen LogP contribution in [0.4, 0.5) is 0 Å². The summed E-state index contributed by atoms with van der Waals surface area (Å²) in [5.74, 6) is 0.939. The SMILES string of the molecule is CCCCCCOCC(CC)(CC)CS. The first-order valence-electron chi connectivity index (χ1n) is 6.43. The van der Waals surface area contributed by atoms with E-state index in [9.17, 15) is 0 Å². The van der Waals surface area contributed by atoms with Gasteiger partial charge in [0.1, 0.15) is 0 Å². The van der Waals surface area contributed by atoms with Gasteiger partial charge in [0, 0.05) is 12.0 Å². The van der Waals surface area contributed by atoms with Crippen molar-refractivity contribution in [1.82, 2.24) is 0 Å². The minimum Gasteiger partial charge on any atom is -0.381 e. The fourth-order valence-electron chi connectivity index (χ4n) is 1.64. The number of unbranched alkanes of at least 4 members (excludes halogenated alkanes) is 3. The zero-order chi connectivity index (χ0) is 11.6. The molecule has 0 rings (SSSR count). The molecule has 0 unspecified atom stereocenters. The van der Waals surface area contributed by atoms with Crippen LogP contribution in [0, 0.1) is 5.41 Å². The van der Waals surface area contributed by atoms with Crippen molar-refractivity contribution >= 4 is 12.6 Å². The molecule has 15 heavy (non-hydrogen) atoms. The predicted octanol–water partition coefficient (Wildman–Crippen LogP) is 4.32. The van der Waals surface area contributed by atoms with E-state index in [-0.39, 0.29) is 0 Å². The van der Waals surface area contributed by atoms with E-state index in [0.717, 1.165) is 19.0 Å². The van der Waals surface area contributed by atoms with Crippen LogP contribution in [0.15, 0.2) is 0 Å². The quantitative estimate of drug-likeness (QED) is 0.436. The van der Waals surface area contributed by atoms with Crippen molar-refractivity contribution in [1.29, 1.82) is 0 Å². The maximum Gasteiger partial charge on any atom is 0.0530 e. The molecule has 0 saturated carbocycles. The minimum atomic E-state index is 0.313. The second-order valence-electron chi connectivity index (χ2n) is 4.48. The van der Waals surface area contributed by atoms with E-state index in [1.54, 1.807) is 0 Å². The van der Waals surface area contributed by atoms with Gasteiger partial charge in [-0.15, -0.1) is 0 Å². The smallest absolute Gasteiger partial charge is 0.0530 e. The number of rotatable bonds is 10. The zero-order valence-electron chi connectivity index (χ0n) is 10.7. The van der Waals surface area contributed by atoms with Crippen molar-refractivity contribution in [3.8, 4) is 0 Å². The van der Waals surface area contributed by atoms with Crippen LogP contribution in [-0.2, 0) is 4.74 Å². The molecule has 0 aliphatic carbocycles. The Kier molecular flexibility index (Phi) is 9.73. The highest BCUT2D eigenvalue weighted by Gasteiger charge is 2.24. The second kappa shape index (κ2) is 9.53. The molecule has 0 heterocycles. The lowest BCUT2D eigenvalue weighted by atomic mass is 9.85. The lowest BCUT2D eigenvalue weighted by Gasteiger charge is -2.29. The summed E-state index contributed by atoms with van der Waals surface area (Å²) in [6.07, 6.45) is 7.49. The first-order chi connectivity index (χ1) is 7.24. The lowest BCUT2D eigenvalue weighted by molar-refractivity contribution is 0.0490. The summed E-state index contributed by atoms with van der Waals surface area (Å²) < 4.78 is 5.77. The van der Waals surface area contributed by atoms with Crippen LogP contribution in [0.5, 0.6) is 0 Å². The fraction of sp³-hybridized carbons (Fsp3) is 1.00. The summed E-state index contributed by atoms with van der Waals surface area (Å²) in [6, 6.07) is 0. The molecule has 0 aromatic heterocycles. The molecule has 0 radical (unpaired) electrons. The van der Waals surface area contributed by atoms with Crippen LogP contribution in [0.25, 0.3) is 0 Å². The first-order valence-corrected chi connectivity index (χ1v) is 7.06. The average molecular weight is 232 g/mol. The van der Waals surface area contributed by atoms with Gasteiger partial charge in [-0.2, -0.15) is 12.6 Å². The zero-order valence-corrected chi connectivity index (χ0v) is 11.6. The molecule has 0 atom stereocenters. The highest BCUT2D eigenvalue weighted by atomic mass is 32.1. The predicted molar refractivity (Wildman–Crippen MR) is 71.8 cm³/mol. The molecule has 0 bridgehead atoms. The van der Waals surface area contributed by atoms with E-state index in [1.165, 1.54) is 38.5 Å². The third-order valence-corrected chi connectivity index (χ3v) is 4.06. The second-order valence-corrected chi connectivity index (χ2v) is 4.79. The molecule has 0 N–H and O–H groups in total. The Labute approximate surface area is 101 Å². The van der Waals surface area contributed by atoms with Crippen molar-refractivity contribution in [2.24, 2.45) is 5.41 Å². The van der Waals surface area contributed by atoms with Gasteiger partial charge in [-0.1, -0.05) is 40.0 Å². The summed E-state index contributed by atoms with van der Waals surface area (Å²) in [5.41, 5.74) is 0.313. The molecule has 2 heteroatoms. The topological polar surface area (TPSA) is 9.23 Å². The van der Waals surface area contributed by atoms with Crippen LogP contribution >= 0.6 is 12.6 Å². The van der Waals surface area contributed by atoms with Crippen LogP contribution in [-0.4, -0.2) is 19.0 Å². The maximum atomic E-state index is 5.77. The standard InChI is InChI=1S/C13H28OS/c1-4-7-8-9-10-14-11-13(5-2,6-3)12-15/h15H,4-12H2,1-3H3. The van der Waals surface area contributed by atoms with Gasteiger partial charge >= 0.3 is 0 Å². The molecule has 0 fully saturated rings. The Morgan fingerprint density at radius 3 is 2.13 bits per heavy atom. The van der Waals surface area contributed by atoms with Crippen molar-refractivity contribution in [3.05, 3.63) is 0 Å². The van der Waals surface area contributed by atoms with E-state index in [1.807, 2.05) is 0 Å². The monoisotopic (exact) mass is 232 g/mol. The highest BCUT2D eigenvalue weighted by molar-refractivity contribution is 7.80. The van der Waals surface area contributed by atoms with Crippen LogP contribution < -0.4 is 0 Å².